The van der Waals surface area contributed by atoms with Crippen molar-refractivity contribution in [3.05, 3.63) is 130 Å². The van der Waals surface area contributed by atoms with E-state index >= 15 is 0 Å². The van der Waals surface area contributed by atoms with Crippen LogP contribution in [0.2, 0.25) is 10.0 Å². The van der Waals surface area contributed by atoms with E-state index < -0.39 is 28.5 Å². The average molecular weight is 679 g/mol. The van der Waals surface area contributed by atoms with Crippen LogP contribution in [0.5, 0.6) is 0 Å². The van der Waals surface area contributed by atoms with Crippen molar-refractivity contribution < 1.29 is 18.0 Å². The van der Waals surface area contributed by atoms with E-state index in [2.05, 4.69) is 5.32 Å². The molecule has 2 amide bonds. The summed E-state index contributed by atoms with van der Waals surface area (Å²) >= 11 is 12.5. The van der Waals surface area contributed by atoms with Crippen LogP contribution in [-0.4, -0.2) is 43.8 Å². The highest BCUT2D eigenvalue weighted by Gasteiger charge is 2.35. The number of carbonyl (C=O) groups is 2. The fourth-order valence-corrected chi connectivity index (χ4v) is 7.49. The molecule has 1 aliphatic carbocycles. The summed E-state index contributed by atoms with van der Waals surface area (Å²) in [6.07, 6.45) is 5.25. The van der Waals surface area contributed by atoms with Crippen molar-refractivity contribution in [3.8, 4) is 0 Å². The van der Waals surface area contributed by atoms with Gasteiger partial charge in [0, 0.05) is 19.0 Å². The lowest BCUT2D eigenvalue weighted by Gasteiger charge is -2.35. The Kier molecular flexibility index (Phi) is 11.4. The van der Waals surface area contributed by atoms with Gasteiger partial charge in [-0.15, -0.1) is 0 Å². The molecule has 1 aliphatic rings. The van der Waals surface area contributed by atoms with E-state index in [4.69, 9.17) is 23.2 Å². The monoisotopic (exact) mass is 677 g/mol. The topological polar surface area (TPSA) is 86.8 Å². The van der Waals surface area contributed by atoms with Gasteiger partial charge in [0.05, 0.1) is 20.6 Å². The molecule has 0 aliphatic heterocycles. The van der Waals surface area contributed by atoms with Crippen LogP contribution in [0.15, 0.2) is 114 Å². The van der Waals surface area contributed by atoms with Crippen LogP contribution in [0.25, 0.3) is 0 Å². The Bertz CT molecular complexity index is 1720. The third-order valence-corrected chi connectivity index (χ3v) is 10.7. The largest absolute Gasteiger partial charge is 0.352 e. The van der Waals surface area contributed by atoms with Gasteiger partial charge in [0.2, 0.25) is 11.8 Å². The minimum atomic E-state index is -4.23. The molecule has 1 N–H and O–H groups in total. The number of rotatable bonds is 12. The van der Waals surface area contributed by atoms with Gasteiger partial charge in [0.1, 0.15) is 12.6 Å². The maximum atomic E-state index is 14.6. The lowest BCUT2D eigenvalue weighted by molar-refractivity contribution is -0.140. The number of anilines is 1. The average Bonchev–Trinajstić information content (AvgIpc) is 3.08. The fourth-order valence-electron chi connectivity index (χ4n) is 5.77. The molecular weight excluding hydrogens is 641 g/mol. The van der Waals surface area contributed by atoms with E-state index in [0.717, 1.165) is 47.5 Å². The molecule has 240 valence electrons. The molecule has 10 heteroatoms. The van der Waals surface area contributed by atoms with Gasteiger partial charge in [-0.2, -0.15) is 0 Å². The first-order valence-corrected chi connectivity index (χ1v) is 17.6. The van der Waals surface area contributed by atoms with Gasteiger partial charge < -0.3 is 10.2 Å². The Morgan fingerprint density at radius 2 is 1.35 bits per heavy atom. The molecule has 0 radical (unpaired) electrons. The number of sulfonamides is 1. The van der Waals surface area contributed by atoms with E-state index in [1.807, 2.05) is 60.7 Å². The van der Waals surface area contributed by atoms with E-state index in [0.29, 0.717) is 0 Å². The second-order valence-corrected chi connectivity index (χ2v) is 14.2. The van der Waals surface area contributed by atoms with Gasteiger partial charge >= 0.3 is 0 Å². The van der Waals surface area contributed by atoms with E-state index in [1.54, 1.807) is 18.2 Å². The molecule has 0 spiro atoms. The first kappa shape index (κ1) is 33.5. The SMILES string of the molecule is O=C(NC1CCCCC1)C(Cc1ccccc1)N(Cc1ccccc1)C(=O)CN(c1ccc(Cl)c(Cl)c1)S(=O)(=O)c1ccccc1. The molecule has 0 bridgehead atoms. The lowest BCUT2D eigenvalue weighted by atomic mass is 9.94. The Labute approximate surface area is 281 Å². The Balaban J connectivity index is 1.56. The maximum absolute atomic E-state index is 14.6. The van der Waals surface area contributed by atoms with Crippen LogP contribution in [0, 0.1) is 0 Å². The standard InChI is InChI=1S/C36H37Cl2N3O4S/c37-32-22-21-30(24-33(32)38)41(46(44,45)31-19-11-4-12-20-31)26-35(42)40(25-28-15-7-2-8-16-28)34(23-27-13-5-1-6-14-27)36(43)39-29-17-9-3-10-18-29/h1-2,4-8,11-16,19-22,24,29,34H,3,9-10,17-18,23,25-26H2,(H,39,43). The molecule has 46 heavy (non-hydrogen) atoms. The van der Waals surface area contributed by atoms with Crippen LogP contribution >= 0.6 is 23.2 Å². The molecular formula is C36H37Cl2N3O4S. The number of nitrogens with one attached hydrogen (secondary N) is 1. The van der Waals surface area contributed by atoms with E-state index in [9.17, 15) is 18.0 Å². The van der Waals surface area contributed by atoms with Gasteiger partial charge in [-0.25, -0.2) is 8.42 Å². The van der Waals surface area contributed by atoms with Crippen molar-refractivity contribution in [2.24, 2.45) is 0 Å². The van der Waals surface area contributed by atoms with Crippen molar-refractivity contribution in [1.82, 2.24) is 10.2 Å². The lowest BCUT2D eigenvalue weighted by Crippen LogP contribution is -2.55. The summed E-state index contributed by atoms with van der Waals surface area (Å²) in [5.41, 5.74) is 1.87. The summed E-state index contributed by atoms with van der Waals surface area (Å²) in [6, 6.07) is 30.4. The summed E-state index contributed by atoms with van der Waals surface area (Å²) in [4.78, 5) is 30.2. The normalized spacial score (nSPS) is 14.3. The van der Waals surface area contributed by atoms with Crippen LogP contribution in [0.1, 0.15) is 43.2 Å². The minimum Gasteiger partial charge on any atom is -0.352 e. The zero-order chi connectivity index (χ0) is 32.5. The Hall–Kier alpha value is -3.85. The number of nitrogens with zero attached hydrogens (tertiary/aromatic N) is 2. The predicted octanol–water partition coefficient (Wildman–Crippen LogP) is 7.28. The van der Waals surface area contributed by atoms with Gasteiger partial charge in [0.15, 0.2) is 0 Å². The third-order valence-electron chi connectivity index (χ3n) is 8.22. The summed E-state index contributed by atoms with van der Waals surface area (Å²) < 4.78 is 29.2. The van der Waals surface area contributed by atoms with Gasteiger partial charge in [-0.05, 0) is 54.3 Å². The van der Waals surface area contributed by atoms with Crippen LogP contribution in [0.4, 0.5) is 5.69 Å². The number of halogens is 2. The number of hydrogen-bond donors (Lipinski definition) is 1. The van der Waals surface area contributed by atoms with Crippen LogP contribution in [0.3, 0.4) is 0 Å². The van der Waals surface area contributed by atoms with Crippen molar-refractivity contribution >= 4 is 50.7 Å². The number of amides is 2. The molecule has 0 aromatic heterocycles. The molecule has 1 saturated carbocycles. The third kappa shape index (κ3) is 8.49. The van der Waals surface area contributed by atoms with E-state index in [1.165, 1.54) is 35.2 Å². The molecule has 7 nitrogen and oxygen atoms in total. The molecule has 1 unspecified atom stereocenters. The van der Waals surface area contributed by atoms with Gasteiger partial charge in [-0.1, -0.05) is 121 Å². The predicted molar refractivity (Wildman–Crippen MR) is 183 cm³/mol. The van der Waals surface area contributed by atoms with Crippen LogP contribution < -0.4 is 9.62 Å². The first-order chi connectivity index (χ1) is 22.2. The zero-order valence-corrected chi connectivity index (χ0v) is 27.7. The van der Waals surface area contributed by atoms with Gasteiger partial charge in [0.25, 0.3) is 10.0 Å². The number of benzene rings is 4. The maximum Gasteiger partial charge on any atom is 0.264 e. The molecule has 4 aromatic carbocycles. The Morgan fingerprint density at radius 3 is 1.96 bits per heavy atom. The molecule has 4 aromatic rings. The number of hydrogen-bond acceptors (Lipinski definition) is 4. The summed E-state index contributed by atoms with van der Waals surface area (Å²) in [6.45, 7) is -0.458. The smallest absolute Gasteiger partial charge is 0.264 e. The van der Waals surface area contributed by atoms with Crippen LogP contribution in [-0.2, 0) is 32.6 Å². The Morgan fingerprint density at radius 1 is 0.761 bits per heavy atom. The summed E-state index contributed by atoms with van der Waals surface area (Å²) in [7, 11) is -4.23. The van der Waals surface area contributed by atoms with E-state index in [-0.39, 0.29) is 45.5 Å². The van der Waals surface area contributed by atoms with Crippen molar-refractivity contribution in [3.63, 3.8) is 0 Å². The fraction of sp³-hybridized carbons (Fsp3) is 0.278. The highest BCUT2D eigenvalue weighted by Crippen LogP contribution is 2.31. The summed E-state index contributed by atoms with van der Waals surface area (Å²) in [5.74, 6) is -0.791. The molecule has 0 heterocycles. The molecule has 1 fully saturated rings. The molecule has 5 rings (SSSR count). The summed E-state index contributed by atoms with van der Waals surface area (Å²) in [5, 5.41) is 3.62. The highest BCUT2D eigenvalue weighted by molar-refractivity contribution is 7.92. The number of carbonyl (C=O) groups excluding carboxylic acids is 2. The van der Waals surface area contributed by atoms with Crippen molar-refractivity contribution in [2.45, 2.75) is 62.0 Å². The quantitative estimate of drug-likeness (QED) is 0.171. The van der Waals surface area contributed by atoms with Crippen molar-refractivity contribution in [1.29, 1.82) is 0 Å². The van der Waals surface area contributed by atoms with Gasteiger partial charge in [-0.3, -0.25) is 13.9 Å². The minimum absolute atomic E-state index is 0.0133. The zero-order valence-electron chi connectivity index (χ0n) is 25.4. The molecule has 1 atom stereocenters. The second-order valence-electron chi connectivity index (χ2n) is 11.5. The second kappa shape index (κ2) is 15.6. The highest BCUT2D eigenvalue weighted by atomic mass is 35.5. The molecule has 0 saturated heterocycles. The van der Waals surface area contributed by atoms with Crippen molar-refractivity contribution in [2.75, 3.05) is 10.8 Å². The first-order valence-electron chi connectivity index (χ1n) is 15.4.